The summed E-state index contributed by atoms with van der Waals surface area (Å²) in [7, 11) is 0. The first kappa shape index (κ1) is 30.4. The summed E-state index contributed by atoms with van der Waals surface area (Å²) in [4.78, 5) is 0. The van der Waals surface area contributed by atoms with E-state index in [0.29, 0.717) is 0 Å². The summed E-state index contributed by atoms with van der Waals surface area (Å²) in [5, 5.41) is 0. The molecule has 0 aromatic heterocycles. The Morgan fingerprint density at radius 3 is 0.933 bits per heavy atom. The van der Waals surface area contributed by atoms with Gasteiger partial charge in [0.1, 0.15) is 0 Å². The molecule has 0 spiro atoms. The number of halogens is 10. The average Bonchev–Trinajstić information content (AvgIpc) is 2.61. The molecule has 0 aliphatic heterocycles. The zero-order chi connectivity index (χ0) is 23.1. The van der Waals surface area contributed by atoms with Crippen LogP contribution in [0.5, 0.6) is 0 Å². The summed E-state index contributed by atoms with van der Waals surface area (Å²) < 4.78 is 125. The van der Waals surface area contributed by atoms with E-state index in [1.807, 2.05) is 6.92 Å². The van der Waals surface area contributed by atoms with Gasteiger partial charge in [-0.1, -0.05) is 0 Å². The number of rotatable bonds is 1. The van der Waals surface area contributed by atoms with Crippen LogP contribution >= 0.6 is 0 Å². The predicted octanol–water partition coefficient (Wildman–Crippen LogP) is 6.18. The Labute approximate surface area is 176 Å². The van der Waals surface area contributed by atoms with Gasteiger partial charge in [-0.15, -0.1) is 12.1 Å². The monoisotopic (exact) mass is 494 g/mol. The fourth-order valence-electron chi connectivity index (χ4n) is 1.42. The minimum absolute atomic E-state index is 0. The van der Waals surface area contributed by atoms with E-state index < -0.39 is 58.2 Å². The van der Waals surface area contributed by atoms with E-state index in [2.05, 4.69) is 20.8 Å². The Morgan fingerprint density at radius 2 is 0.800 bits per heavy atom. The molecular weight excluding hydrogens is 481 g/mol. The van der Waals surface area contributed by atoms with Crippen molar-refractivity contribution < 1.29 is 65.1 Å². The molecule has 1 nitrogen and oxygen atoms in total. The Morgan fingerprint density at radius 1 is 0.567 bits per heavy atom. The van der Waals surface area contributed by atoms with Gasteiger partial charge in [0.25, 0.3) is 0 Å². The van der Waals surface area contributed by atoms with Crippen molar-refractivity contribution in [3.63, 3.8) is 0 Å². The van der Waals surface area contributed by atoms with Gasteiger partial charge < -0.3 is 4.74 Å². The molecular formula is C18H14F10NiO. The molecule has 0 N–H and O–H groups in total. The van der Waals surface area contributed by atoms with Crippen molar-refractivity contribution >= 4 is 0 Å². The van der Waals surface area contributed by atoms with Gasteiger partial charge in [0, 0.05) is 6.61 Å². The maximum atomic E-state index is 12.0. The molecule has 172 valence electrons. The van der Waals surface area contributed by atoms with Crippen LogP contribution in [0.1, 0.15) is 27.7 Å². The van der Waals surface area contributed by atoms with E-state index >= 15 is 0 Å². The van der Waals surface area contributed by atoms with Crippen molar-refractivity contribution in [1.29, 1.82) is 0 Å². The van der Waals surface area contributed by atoms with Crippen molar-refractivity contribution in [2.45, 2.75) is 33.3 Å². The molecule has 0 atom stereocenters. The Balaban J connectivity index is 0. The Bertz CT molecular complexity index is 723. The molecule has 0 bridgehead atoms. The fourth-order valence-corrected chi connectivity index (χ4v) is 1.42. The van der Waals surface area contributed by atoms with E-state index in [1.165, 1.54) is 0 Å². The molecule has 0 heterocycles. The summed E-state index contributed by atoms with van der Waals surface area (Å²) in [6.07, 6.45) is 0. The zero-order valence-corrected chi connectivity index (χ0v) is 16.7. The molecule has 0 amide bonds. The maximum Gasteiger partial charge on any atom is 2.00 e. The first-order valence-corrected chi connectivity index (χ1v) is 7.59. The van der Waals surface area contributed by atoms with Crippen LogP contribution in [0.15, 0.2) is 0 Å². The van der Waals surface area contributed by atoms with E-state index in [4.69, 9.17) is 4.74 Å². The number of hydrogen-bond acceptors (Lipinski definition) is 1. The van der Waals surface area contributed by atoms with Crippen LogP contribution in [0.25, 0.3) is 0 Å². The first-order valence-electron chi connectivity index (χ1n) is 7.59. The van der Waals surface area contributed by atoms with Crippen molar-refractivity contribution in [3.8, 4) is 0 Å². The zero-order valence-electron chi connectivity index (χ0n) is 15.7. The van der Waals surface area contributed by atoms with Gasteiger partial charge in [0.15, 0.2) is 0 Å². The van der Waals surface area contributed by atoms with Crippen LogP contribution in [-0.4, -0.2) is 12.2 Å². The van der Waals surface area contributed by atoms with Gasteiger partial charge in [-0.25, -0.2) is 26.3 Å². The normalized spacial score (nSPS) is 10.3. The standard InChI is InChI=1S/2C6F5.C6H14O.Ni/c2*7-2-1-3(8)5(10)6(11)4(2)9;1-5-7-6(2,3)4;/h;;5H2,1-4H3;/q2*-1;;+2. The van der Waals surface area contributed by atoms with E-state index in [0.717, 1.165) is 18.7 Å². The Hall–Kier alpha value is -1.81. The maximum absolute atomic E-state index is 12.0. The van der Waals surface area contributed by atoms with Crippen LogP contribution in [0.3, 0.4) is 0 Å². The van der Waals surface area contributed by atoms with E-state index in [9.17, 15) is 43.9 Å². The minimum Gasteiger partial charge on any atom is -0.376 e. The second kappa shape index (κ2) is 12.8. The average molecular weight is 495 g/mol. The third-order valence-electron chi connectivity index (χ3n) is 2.56. The summed E-state index contributed by atoms with van der Waals surface area (Å²) in [5.74, 6) is -20.1. The summed E-state index contributed by atoms with van der Waals surface area (Å²) in [6.45, 7) is 8.97. The topological polar surface area (TPSA) is 9.23 Å². The molecule has 0 fully saturated rings. The van der Waals surface area contributed by atoms with Crippen LogP contribution in [-0.2, 0) is 21.2 Å². The Kier molecular flexibility index (Phi) is 13.0. The molecule has 0 unspecified atom stereocenters. The summed E-state index contributed by atoms with van der Waals surface area (Å²) >= 11 is 0. The smallest absolute Gasteiger partial charge is 0.376 e. The van der Waals surface area contributed by atoms with Crippen LogP contribution in [0.4, 0.5) is 43.9 Å². The second-order valence-electron chi connectivity index (χ2n) is 5.94. The van der Waals surface area contributed by atoms with Gasteiger partial charge in [0.05, 0.1) is 63.8 Å². The van der Waals surface area contributed by atoms with E-state index in [-0.39, 0.29) is 22.1 Å². The molecule has 0 saturated carbocycles. The van der Waals surface area contributed by atoms with Crippen molar-refractivity contribution in [3.05, 3.63) is 70.3 Å². The molecule has 2 rings (SSSR count). The molecule has 2 aromatic rings. The van der Waals surface area contributed by atoms with Crippen molar-refractivity contribution in [2.75, 3.05) is 6.61 Å². The SMILES string of the molecule is CCOC(C)(C)C.Fc1[c-]c(F)c(F)c(F)c1F.Fc1[c-]c(F)c(F)c(F)c1F.[Ni+2]. The second-order valence-corrected chi connectivity index (χ2v) is 5.94. The summed E-state index contributed by atoms with van der Waals surface area (Å²) in [5.41, 5.74) is 0.0503. The predicted molar refractivity (Wildman–Crippen MR) is 81.5 cm³/mol. The van der Waals surface area contributed by atoms with Crippen LogP contribution in [0.2, 0.25) is 0 Å². The summed E-state index contributed by atoms with van der Waals surface area (Å²) in [6, 6.07) is 2.05. The molecule has 0 radical (unpaired) electrons. The minimum atomic E-state index is -2.17. The third kappa shape index (κ3) is 9.34. The number of ether oxygens (including phenoxy) is 1. The van der Waals surface area contributed by atoms with Gasteiger partial charge in [-0.05, 0) is 27.7 Å². The van der Waals surface area contributed by atoms with Gasteiger partial charge in [0.2, 0.25) is 0 Å². The third-order valence-corrected chi connectivity index (χ3v) is 2.56. The number of hydrogen-bond donors (Lipinski definition) is 0. The molecule has 12 heteroatoms. The molecule has 0 aliphatic rings. The largest absolute Gasteiger partial charge is 2.00 e. The van der Waals surface area contributed by atoms with Crippen molar-refractivity contribution in [1.82, 2.24) is 0 Å². The number of benzene rings is 2. The van der Waals surface area contributed by atoms with Crippen LogP contribution in [0, 0.1) is 70.3 Å². The molecule has 2 aromatic carbocycles. The first-order chi connectivity index (χ1) is 13.1. The van der Waals surface area contributed by atoms with Crippen LogP contribution < -0.4 is 0 Å². The van der Waals surface area contributed by atoms with Gasteiger partial charge in [-0.3, -0.25) is 17.6 Å². The fraction of sp³-hybridized carbons (Fsp3) is 0.333. The van der Waals surface area contributed by atoms with E-state index in [1.54, 1.807) is 0 Å². The molecule has 0 saturated heterocycles. The molecule has 0 aliphatic carbocycles. The molecule has 30 heavy (non-hydrogen) atoms. The van der Waals surface area contributed by atoms with Crippen molar-refractivity contribution in [2.24, 2.45) is 0 Å². The van der Waals surface area contributed by atoms with Gasteiger partial charge >= 0.3 is 16.5 Å². The van der Waals surface area contributed by atoms with Gasteiger partial charge in [-0.2, -0.15) is 0 Å². The quantitative estimate of drug-likeness (QED) is 0.151.